The van der Waals surface area contributed by atoms with Crippen LogP contribution in [-0.2, 0) is 5.75 Å². The molecule has 0 spiro atoms. The Morgan fingerprint density at radius 2 is 1.89 bits per heavy atom. The summed E-state index contributed by atoms with van der Waals surface area (Å²) in [6.45, 7) is 3.68. The van der Waals surface area contributed by atoms with Crippen LogP contribution in [0.3, 0.4) is 0 Å². The number of thioether (sulfide) groups is 1. The predicted octanol–water partition coefficient (Wildman–Crippen LogP) is 4.81. The van der Waals surface area contributed by atoms with Crippen molar-refractivity contribution in [3.05, 3.63) is 53.0 Å². The van der Waals surface area contributed by atoms with E-state index in [1.807, 2.05) is 19.9 Å². The summed E-state index contributed by atoms with van der Waals surface area (Å²) < 4.78 is 45.6. The minimum absolute atomic E-state index is 0.239. The van der Waals surface area contributed by atoms with Crippen LogP contribution < -0.4 is 4.74 Å². The van der Waals surface area contributed by atoms with Gasteiger partial charge in [-0.3, -0.25) is 0 Å². The number of benzene rings is 1. The zero-order chi connectivity index (χ0) is 20.3. The number of pyridine rings is 1. The maximum atomic E-state index is 12.2. The lowest BCUT2D eigenvalue weighted by atomic mass is 10.1. The highest BCUT2D eigenvalue weighted by atomic mass is 32.2. The molecule has 1 aromatic carbocycles. The van der Waals surface area contributed by atoms with Crippen molar-refractivity contribution in [3.63, 3.8) is 0 Å². The van der Waals surface area contributed by atoms with Crippen molar-refractivity contribution < 1.29 is 22.4 Å². The van der Waals surface area contributed by atoms with Gasteiger partial charge in [-0.15, -0.1) is 13.2 Å². The zero-order valence-electron chi connectivity index (χ0n) is 14.7. The number of aryl methyl sites for hydroxylation is 2. The topological polar surface area (TPSA) is 84.8 Å². The van der Waals surface area contributed by atoms with Crippen molar-refractivity contribution >= 4 is 11.8 Å². The van der Waals surface area contributed by atoms with Crippen molar-refractivity contribution in [2.75, 3.05) is 0 Å². The summed E-state index contributed by atoms with van der Waals surface area (Å²) in [5.41, 5.74) is 2.61. The van der Waals surface area contributed by atoms with E-state index in [4.69, 9.17) is 4.52 Å². The molecule has 3 aromatic rings. The summed E-state index contributed by atoms with van der Waals surface area (Å²) >= 11 is 1.30. The van der Waals surface area contributed by atoms with Gasteiger partial charge in [0.1, 0.15) is 16.8 Å². The van der Waals surface area contributed by atoms with Gasteiger partial charge < -0.3 is 9.26 Å². The van der Waals surface area contributed by atoms with Gasteiger partial charge in [0.05, 0.1) is 11.3 Å². The Labute approximate surface area is 162 Å². The van der Waals surface area contributed by atoms with Crippen LogP contribution in [0.4, 0.5) is 13.2 Å². The standard InChI is InChI=1S/C18H13F3N4O2S/c1-10-7-11(2)23-17(14(10)8-22)28-9-15-24-16(25-27-15)12-3-5-13(6-4-12)26-18(19,20)21/h3-7H,9H2,1-2H3. The third-order valence-corrected chi connectivity index (χ3v) is 4.53. The summed E-state index contributed by atoms with van der Waals surface area (Å²) in [5, 5.41) is 13.7. The number of aromatic nitrogens is 3. The largest absolute Gasteiger partial charge is 0.573 e. The minimum atomic E-state index is -4.75. The Morgan fingerprint density at radius 3 is 2.54 bits per heavy atom. The van der Waals surface area contributed by atoms with Crippen molar-refractivity contribution in [1.29, 1.82) is 5.26 Å². The van der Waals surface area contributed by atoms with Gasteiger partial charge >= 0.3 is 6.36 Å². The number of nitriles is 1. The quantitative estimate of drug-likeness (QED) is 0.562. The maximum absolute atomic E-state index is 12.2. The molecule has 3 rings (SSSR count). The summed E-state index contributed by atoms with van der Waals surface area (Å²) in [6.07, 6.45) is -4.75. The third-order valence-electron chi connectivity index (χ3n) is 3.57. The van der Waals surface area contributed by atoms with Gasteiger partial charge in [0, 0.05) is 11.3 Å². The van der Waals surface area contributed by atoms with E-state index in [2.05, 4.69) is 25.9 Å². The summed E-state index contributed by atoms with van der Waals surface area (Å²) in [5.74, 6) is 0.510. The van der Waals surface area contributed by atoms with E-state index in [1.165, 1.54) is 36.0 Å². The van der Waals surface area contributed by atoms with Crippen molar-refractivity contribution in [3.8, 4) is 23.2 Å². The first kappa shape index (κ1) is 19.7. The Kier molecular flexibility index (Phi) is 5.56. The number of hydrogen-bond acceptors (Lipinski definition) is 7. The second kappa shape index (κ2) is 7.90. The van der Waals surface area contributed by atoms with Gasteiger partial charge in [-0.25, -0.2) is 4.98 Å². The Morgan fingerprint density at radius 1 is 1.18 bits per heavy atom. The lowest BCUT2D eigenvalue weighted by Gasteiger charge is -2.08. The molecule has 0 fully saturated rings. The highest BCUT2D eigenvalue weighted by Gasteiger charge is 2.31. The molecule has 0 radical (unpaired) electrons. The Balaban J connectivity index is 1.71. The lowest BCUT2D eigenvalue weighted by Crippen LogP contribution is -2.16. The fourth-order valence-electron chi connectivity index (χ4n) is 2.41. The van der Waals surface area contributed by atoms with Crippen LogP contribution in [0.25, 0.3) is 11.4 Å². The normalized spacial score (nSPS) is 11.3. The Hall–Kier alpha value is -3.06. The molecule has 28 heavy (non-hydrogen) atoms. The van der Waals surface area contributed by atoms with Gasteiger partial charge in [0.15, 0.2) is 0 Å². The van der Waals surface area contributed by atoms with E-state index in [0.717, 1.165) is 11.3 Å². The van der Waals surface area contributed by atoms with Crippen LogP contribution in [-0.4, -0.2) is 21.5 Å². The zero-order valence-corrected chi connectivity index (χ0v) is 15.6. The van der Waals surface area contributed by atoms with Crippen molar-refractivity contribution in [2.45, 2.75) is 31.0 Å². The molecule has 0 N–H and O–H groups in total. The van der Waals surface area contributed by atoms with Gasteiger partial charge in [0.25, 0.3) is 0 Å². The fraction of sp³-hybridized carbons (Fsp3) is 0.222. The molecule has 144 valence electrons. The first-order valence-electron chi connectivity index (χ1n) is 7.95. The van der Waals surface area contributed by atoms with Gasteiger partial charge in [-0.1, -0.05) is 16.9 Å². The van der Waals surface area contributed by atoms with E-state index < -0.39 is 6.36 Å². The van der Waals surface area contributed by atoms with E-state index in [-0.39, 0.29) is 11.6 Å². The molecule has 0 atom stereocenters. The van der Waals surface area contributed by atoms with E-state index in [0.29, 0.717) is 27.8 Å². The molecule has 0 aliphatic heterocycles. The van der Waals surface area contributed by atoms with Gasteiger partial charge in [-0.05, 0) is 49.7 Å². The van der Waals surface area contributed by atoms with E-state index in [9.17, 15) is 18.4 Å². The number of alkyl halides is 3. The molecule has 0 aliphatic rings. The van der Waals surface area contributed by atoms with Gasteiger partial charge in [0.2, 0.25) is 11.7 Å². The average Bonchev–Trinajstić information content (AvgIpc) is 3.08. The average molecular weight is 406 g/mol. The van der Waals surface area contributed by atoms with Crippen LogP contribution in [0.15, 0.2) is 39.9 Å². The summed E-state index contributed by atoms with van der Waals surface area (Å²) in [6, 6.07) is 9.13. The molecular weight excluding hydrogens is 393 g/mol. The smallest absolute Gasteiger partial charge is 0.406 e. The molecule has 0 amide bonds. The monoisotopic (exact) mass is 406 g/mol. The maximum Gasteiger partial charge on any atom is 0.573 e. The molecule has 0 saturated carbocycles. The van der Waals surface area contributed by atoms with Crippen molar-refractivity contribution in [2.24, 2.45) is 0 Å². The summed E-state index contributed by atoms with van der Waals surface area (Å²) in [4.78, 5) is 8.60. The van der Waals surface area contributed by atoms with Crippen LogP contribution >= 0.6 is 11.8 Å². The van der Waals surface area contributed by atoms with Crippen molar-refractivity contribution in [1.82, 2.24) is 15.1 Å². The molecule has 0 unspecified atom stereocenters. The second-order valence-corrected chi connectivity index (χ2v) is 6.71. The number of hydrogen-bond donors (Lipinski definition) is 0. The van der Waals surface area contributed by atoms with Gasteiger partial charge in [-0.2, -0.15) is 10.2 Å². The number of nitrogens with zero attached hydrogens (tertiary/aromatic N) is 4. The highest BCUT2D eigenvalue weighted by molar-refractivity contribution is 7.98. The van der Waals surface area contributed by atoms with Crippen LogP contribution in [0.1, 0.15) is 22.7 Å². The lowest BCUT2D eigenvalue weighted by molar-refractivity contribution is -0.274. The first-order valence-corrected chi connectivity index (χ1v) is 8.93. The number of halogens is 3. The first-order chi connectivity index (χ1) is 13.2. The molecule has 0 aliphatic carbocycles. The second-order valence-electron chi connectivity index (χ2n) is 5.75. The minimum Gasteiger partial charge on any atom is -0.406 e. The van der Waals surface area contributed by atoms with Crippen LogP contribution in [0.2, 0.25) is 0 Å². The SMILES string of the molecule is Cc1cc(C)c(C#N)c(SCc2nc(-c3ccc(OC(F)(F)F)cc3)no2)n1. The number of rotatable bonds is 5. The molecule has 0 saturated heterocycles. The number of ether oxygens (including phenoxy) is 1. The molecule has 0 bridgehead atoms. The molecule has 2 heterocycles. The van der Waals surface area contributed by atoms with Crippen LogP contribution in [0.5, 0.6) is 5.75 Å². The van der Waals surface area contributed by atoms with E-state index in [1.54, 1.807) is 0 Å². The van der Waals surface area contributed by atoms with E-state index >= 15 is 0 Å². The molecule has 10 heteroatoms. The highest BCUT2D eigenvalue weighted by Crippen LogP contribution is 2.28. The fourth-order valence-corrected chi connectivity index (χ4v) is 3.35. The molecule has 2 aromatic heterocycles. The molecular formula is C18H13F3N4O2S. The Bertz CT molecular complexity index is 1030. The summed E-state index contributed by atoms with van der Waals surface area (Å²) in [7, 11) is 0. The third kappa shape index (κ3) is 4.80. The van der Waals surface area contributed by atoms with Crippen LogP contribution in [0, 0.1) is 25.2 Å². The predicted molar refractivity (Wildman–Crippen MR) is 94.4 cm³/mol. The molecule has 6 nitrogen and oxygen atoms in total.